The van der Waals surface area contributed by atoms with E-state index in [-0.39, 0.29) is 11.9 Å². The molecule has 0 aliphatic carbocycles. The Balaban J connectivity index is 1.66. The number of likely N-dealkylation sites (tertiary alicyclic amines) is 1. The molecule has 1 fully saturated rings. The topological polar surface area (TPSA) is 67.6 Å². The van der Waals surface area contributed by atoms with E-state index < -0.39 is 0 Å². The van der Waals surface area contributed by atoms with Crippen LogP contribution < -0.4 is 15.8 Å². The van der Waals surface area contributed by atoms with E-state index >= 15 is 0 Å². The van der Waals surface area contributed by atoms with Crippen molar-refractivity contribution in [2.75, 3.05) is 38.8 Å². The number of hydrogen-bond acceptors (Lipinski definition) is 5. The van der Waals surface area contributed by atoms with E-state index in [0.717, 1.165) is 56.9 Å². The van der Waals surface area contributed by atoms with E-state index in [9.17, 15) is 4.79 Å². The number of nitrogens with two attached hydrogens (primary N) is 1. The molecule has 1 aromatic rings. The summed E-state index contributed by atoms with van der Waals surface area (Å²) in [6, 6.07) is 7.90. The first-order valence-corrected chi connectivity index (χ1v) is 10.4. The summed E-state index contributed by atoms with van der Waals surface area (Å²) < 4.78 is 5.20. The highest BCUT2D eigenvalue weighted by molar-refractivity contribution is 7.98. The molecule has 0 bridgehead atoms. The monoisotopic (exact) mass is 365 g/mol. The highest BCUT2D eigenvalue weighted by Crippen LogP contribution is 2.19. The summed E-state index contributed by atoms with van der Waals surface area (Å²) in [6.07, 6.45) is 5.02. The van der Waals surface area contributed by atoms with Gasteiger partial charge in [-0.05, 0) is 68.0 Å². The summed E-state index contributed by atoms with van der Waals surface area (Å²) in [7, 11) is 1.69. The average molecular weight is 366 g/mol. The van der Waals surface area contributed by atoms with Gasteiger partial charge in [0.1, 0.15) is 5.75 Å². The van der Waals surface area contributed by atoms with E-state index in [2.05, 4.69) is 22.3 Å². The van der Waals surface area contributed by atoms with Crippen molar-refractivity contribution in [3.63, 3.8) is 0 Å². The number of methoxy groups -OCH3 is 1. The van der Waals surface area contributed by atoms with Crippen molar-refractivity contribution in [1.82, 2.24) is 10.2 Å². The molecule has 2 rings (SSSR count). The van der Waals surface area contributed by atoms with Crippen molar-refractivity contribution >= 4 is 17.7 Å². The number of thioether (sulfide) groups is 1. The molecule has 1 heterocycles. The number of carbonyl (C=O) groups excluding carboxylic acids is 1. The largest absolute Gasteiger partial charge is 0.497 e. The second-order valence-electron chi connectivity index (χ2n) is 6.70. The van der Waals surface area contributed by atoms with Crippen molar-refractivity contribution < 1.29 is 9.53 Å². The maximum atomic E-state index is 12.0. The van der Waals surface area contributed by atoms with Crippen LogP contribution in [0.25, 0.3) is 0 Å². The Bertz CT molecular complexity index is 516. The number of nitrogens with zero attached hydrogens (tertiary/aromatic N) is 1. The van der Waals surface area contributed by atoms with Crippen LogP contribution >= 0.6 is 11.8 Å². The van der Waals surface area contributed by atoms with Gasteiger partial charge in [0.15, 0.2) is 0 Å². The molecular formula is C19H31N3O2S. The Labute approximate surface area is 155 Å². The van der Waals surface area contributed by atoms with Crippen LogP contribution in [0.2, 0.25) is 0 Å². The van der Waals surface area contributed by atoms with E-state index in [0.29, 0.717) is 5.92 Å². The van der Waals surface area contributed by atoms with Crippen LogP contribution in [0.4, 0.5) is 0 Å². The van der Waals surface area contributed by atoms with E-state index in [4.69, 9.17) is 10.5 Å². The molecule has 0 unspecified atom stereocenters. The quantitative estimate of drug-likeness (QED) is 0.701. The number of carbonyl (C=O) groups is 1. The first-order valence-electron chi connectivity index (χ1n) is 9.00. The lowest BCUT2D eigenvalue weighted by atomic mass is 9.96. The van der Waals surface area contributed by atoms with Gasteiger partial charge in [-0.15, -0.1) is 0 Å². The molecule has 140 valence electrons. The van der Waals surface area contributed by atoms with Gasteiger partial charge in [-0.2, -0.15) is 11.8 Å². The summed E-state index contributed by atoms with van der Waals surface area (Å²) >= 11 is 1.72. The zero-order valence-electron chi connectivity index (χ0n) is 15.4. The standard InChI is InChI=1S/C19H31N3O2S/c1-24-17-5-3-16(4-6-17)14-22-10-7-15(8-11-22)13-21-19(23)18(20)9-12-25-2/h3-6,15,18H,7-14,20H2,1-2H3,(H,21,23)/t18-/m0/s1. The van der Waals surface area contributed by atoms with E-state index in [1.165, 1.54) is 5.56 Å². The lowest BCUT2D eigenvalue weighted by Crippen LogP contribution is -2.44. The van der Waals surface area contributed by atoms with Gasteiger partial charge >= 0.3 is 0 Å². The van der Waals surface area contributed by atoms with Gasteiger partial charge in [0.05, 0.1) is 13.2 Å². The highest BCUT2D eigenvalue weighted by Gasteiger charge is 2.21. The van der Waals surface area contributed by atoms with Gasteiger partial charge < -0.3 is 15.8 Å². The van der Waals surface area contributed by atoms with Crippen molar-refractivity contribution in [3.8, 4) is 5.75 Å². The van der Waals surface area contributed by atoms with Gasteiger partial charge in [-0.25, -0.2) is 0 Å². The molecule has 3 N–H and O–H groups in total. The Morgan fingerprint density at radius 2 is 2.04 bits per heavy atom. The Morgan fingerprint density at radius 3 is 2.64 bits per heavy atom. The Hall–Kier alpha value is -1.24. The van der Waals surface area contributed by atoms with Gasteiger partial charge in [0.2, 0.25) is 5.91 Å². The van der Waals surface area contributed by atoms with Crippen molar-refractivity contribution in [2.24, 2.45) is 11.7 Å². The Kier molecular flexibility index (Phi) is 8.58. The van der Waals surface area contributed by atoms with Crippen LogP contribution in [0.3, 0.4) is 0 Å². The minimum atomic E-state index is -0.373. The summed E-state index contributed by atoms with van der Waals surface area (Å²) in [5.41, 5.74) is 7.22. The number of hydrogen-bond donors (Lipinski definition) is 2. The first-order chi connectivity index (χ1) is 12.1. The number of ether oxygens (including phenoxy) is 1. The second kappa shape index (κ2) is 10.7. The number of benzene rings is 1. The predicted molar refractivity (Wildman–Crippen MR) is 105 cm³/mol. The summed E-state index contributed by atoms with van der Waals surface area (Å²) in [5, 5.41) is 3.03. The molecule has 1 aromatic carbocycles. The number of amides is 1. The molecule has 6 heteroatoms. The minimum absolute atomic E-state index is 0.00490. The smallest absolute Gasteiger partial charge is 0.236 e. The highest BCUT2D eigenvalue weighted by atomic mass is 32.2. The molecule has 1 aliphatic heterocycles. The van der Waals surface area contributed by atoms with Crippen LogP contribution in [0.15, 0.2) is 24.3 Å². The van der Waals surface area contributed by atoms with E-state index in [1.54, 1.807) is 18.9 Å². The number of rotatable bonds is 9. The summed E-state index contributed by atoms with van der Waals surface area (Å²) in [4.78, 5) is 14.5. The fourth-order valence-electron chi connectivity index (χ4n) is 3.09. The molecular weight excluding hydrogens is 334 g/mol. The minimum Gasteiger partial charge on any atom is -0.497 e. The van der Waals surface area contributed by atoms with Crippen LogP contribution in [0, 0.1) is 5.92 Å². The lowest BCUT2D eigenvalue weighted by Gasteiger charge is -2.32. The number of piperidine rings is 1. The van der Waals surface area contributed by atoms with Crippen LogP contribution in [-0.2, 0) is 11.3 Å². The zero-order chi connectivity index (χ0) is 18.1. The van der Waals surface area contributed by atoms with Gasteiger partial charge in [-0.3, -0.25) is 9.69 Å². The lowest BCUT2D eigenvalue weighted by molar-refractivity contribution is -0.122. The van der Waals surface area contributed by atoms with Crippen LogP contribution in [-0.4, -0.2) is 55.6 Å². The molecule has 1 amide bonds. The Morgan fingerprint density at radius 1 is 1.36 bits per heavy atom. The van der Waals surface area contributed by atoms with Crippen molar-refractivity contribution in [2.45, 2.75) is 31.8 Å². The van der Waals surface area contributed by atoms with E-state index in [1.807, 2.05) is 18.4 Å². The van der Waals surface area contributed by atoms with Crippen LogP contribution in [0.5, 0.6) is 5.75 Å². The second-order valence-corrected chi connectivity index (χ2v) is 7.69. The summed E-state index contributed by atoms with van der Waals surface area (Å²) in [5.74, 6) is 2.38. The molecule has 1 atom stereocenters. The molecule has 0 spiro atoms. The molecule has 1 saturated heterocycles. The molecule has 5 nitrogen and oxygen atoms in total. The fraction of sp³-hybridized carbons (Fsp3) is 0.632. The van der Waals surface area contributed by atoms with Gasteiger partial charge in [-0.1, -0.05) is 12.1 Å². The van der Waals surface area contributed by atoms with Crippen molar-refractivity contribution in [1.29, 1.82) is 0 Å². The SMILES string of the molecule is COc1ccc(CN2CCC(CNC(=O)[C@@H](N)CCSC)CC2)cc1. The third-order valence-electron chi connectivity index (χ3n) is 4.81. The maximum absolute atomic E-state index is 12.0. The van der Waals surface area contributed by atoms with Crippen LogP contribution in [0.1, 0.15) is 24.8 Å². The van der Waals surface area contributed by atoms with Gasteiger partial charge in [0, 0.05) is 13.1 Å². The molecule has 0 saturated carbocycles. The maximum Gasteiger partial charge on any atom is 0.236 e. The third-order valence-corrected chi connectivity index (χ3v) is 5.45. The summed E-state index contributed by atoms with van der Waals surface area (Å²) in [6.45, 7) is 3.88. The fourth-order valence-corrected chi connectivity index (χ4v) is 3.58. The molecule has 0 radical (unpaired) electrons. The molecule has 0 aromatic heterocycles. The average Bonchev–Trinajstić information content (AvgIpc) is 2.65. The predicted octanol–water partition coefficient (Wildman–Crippen LogP) is 2.10. The first kappa shape index (κ1) is 20.1. The zero-order valence-corrected chi connectivity index (χ0v) is 16.2. The third kappa shape index (κ3) is 6.88. The van der Waals surface area contributed by atoms with Crippen molar-refractivity contribution in [3.05, 3.63) is 29.8 Å². The molecule has 25 heavy (non-hydrogen) atoms. The normalized spacial score (nSPS) is 17.2. The number of nitrogens with one attached hydrogen (secondary N) is 1. The molecule has 1 aliphatic rings. The van der Waals surface area contributed by atoms with Gasteiger partial charge in [0.25, 0.3) is 0 Å².